The Morgan fingerprint density at radius 2 is 1.94 bits per heavy atom. The normalized spacial score (nSPS) is 22.4. The molecular formula is C12H22N2O2. The highest BCUT2D eigenvalue weighted by Crippen LogP contribution is 2.33. The smallest absolute Gasteiger partial charge is 0.222 e. The molecule has 0 aromatic rings. The average molecular weight is 226 g/mol. The number of nitrogens with zero attached hydrogens (tertiary/aromatic N) is 1. The van der Waals surface area contributed by atoms with Crippen molar-refractivity contribution >= 4 is 5.91 Å². The number of carbonyl (C=O) groups excluding carboxylic acids is 1. The van der Waals surface area contributed by atoms with Crippen molar-refractivity contribution in [1.82, 2.24) is 4.90 Å². The van der Waals surface area contributed by atoms with E-state index in [1.54, 1.807) is 0 Å². The Bertz CT molecular complexity index is 233. The van der Waals surface area contributed by atoms with Gasteiger partial charge in [0.05, 0.1) is 12.7 Å². The molecule has 1 aliphatic carbocycles. The van der Waals surface area contributed by atoms with Crippen LogP contribution in [0, 0.1) is 5.92 Å². The number of amides is 1. The van der Waals surface area contributed by atoms with Gasteiger partial charge in [0.2, 0.25) is 5.91 Å². The van der Waals surface area contributed by atoms with Crippen LogP contribution in [-0.2, 0) is 9.53 Å². The van der Waals surface area contributed by atoms with Crippen LogP contribution < -0.4 is 5.73 Å². The van der Waals surface area contributed by atoms with E-state index in [-0.39, 0.29) is 0 Å². The summed E-state index contributed by atoms with van der Waals surface area (Å²) in [4.78, 5) is 13.8. The molecule has 2 rings (SSSR count). The van der Waals surface area contributed by atoms with Crippen LogP contribution in [0.2, 0.25) is 0 Å². The van der Waals surface area contributed by atoms with Gasteiger partial charge in [-0.25, -0.2) is 0 Å². The second-order valence-corrected chi connectivity index (χ2v) is 4.89. The Balaban J connectivity index is 1.65. The summed E-state index contributed by atoms with van der Waals surface area (Å²) in [6, 6.07) is 0. The maximum Gasteiger partial charge on any atom is 0.222 e. The lowest BCUT2D eigenvalue weighted by Crippen LogP contribution is -2.41. The van der Waals surface area contributed by atoms with Crippen molar-refractivity contribution in [2.24, 2.45) is 11.7 Å². The Morgan fingerprint density at radius 1 is 1.25 bits per heavy atom. The summed E-state index contributed by atoms with van der Waals surface area (Å²) in [5.74, 6) is 1.04. The molecule has 0 bridgehead atoms. The lowest BCUT2D eigenvalue weighted by atomic mass is 10.1. The van der Waals surface area contributed by atoms with E-state index in [0.717, 1.165) is 32.4 Å². The molecule has 0 atom stereocenters. The van der Waals surface area contributed by atoms with Crippen LogP contribution in [0.1, 0.15) is 32.1 Å². The van der Waals surface area contributed by atoms with Crippen molar-refractivity contribution in [3.8, 4) is 0 Å². The molecule has 16 heavy (non-hydrogen) atoms. The fraction of sp³-hybridized carbons (Fsp3) is 0.917. The first-order valence-electron chi connectivity index (χ1n) is 6.39. The molecule has 0 unspecified atom stereocenters. The van der Waals surface area contributed by atoms with E-state index in [1.165, 1.54) is 12.8 Å². The second-order valence-electron chi connectivity index (χ2n) is 4.89. The summed E-state index contributed by atoms with van der Waals surface area (Å²) in [5, 5.41) is 0. The Morgan fingerprint density at radius 3 is 2.50 bits per heavy atom. The van der Waals surface area contributed by atoms with Gasteiger partial charge in [0.25, 0.3) is 0 Å². The van der Waals surface area contributed by atoms with E-state index in [4.69, 9.17) is 10.5 Å². The van der Waals surface area contributed by atoms with E-state index in [1.807, 2.05) is 4.90 Å². The molecule has 1 aliphatic heterocycles. The molecule has 1 saturated carbocycles. The molecule has 0 aromatic heterocycles. The summed E-state index contributed by atoms with van der Waals surface area (Å²) in [5.41, 5.74) is 5.39. The molecule has 2 fully saturated rings. The van der Waals surface area contributed by atoms with Crippen molar-refractivity contribution in [3.05, 3.63) is 0 Å². The minimum absolute atomic E-state index is 0.313. The third-order valence-corrected chi connectivity index (χ3v) is 3.43. The predicted octanol–water partition coefficient (Wildman–Crippen LogP) is 0.753. The van der Waals surface area contributed by atoms with Crippen LogP contribution in [-0.4, -0.2) is 43.2 Å². The van der Waals surface area contributed by atoms with Gasteiger partial charge in [-0.2, -0.15) is 0 Å². The standard InChI is InChI=1S/C12H22N2O2/c13-5-8-16-11-3-6-14(7-4-11)12(15)9-10-1-2-10/h10-11H,1-9,13H2. The monoisotopic (exact) mass is 226 g/mol. The van der Waals surface area contributed by atoms with E-state index in [0.29, 0.717) is 31.1 Å². The lowest BCUT2D eigenvalue weighted by Gasteiger charge is -2.32. The maximum absolute atomic E-state index is 11.8. The van der Waals surface area contributed by atoms with Crippen LogP contribution in [0.3, 0.4) is 0 Å². The van der Waals surface area contributed by atoms with Gasteiger partial charge in [0.1, 0.15) is 0 Å². The summed E-state index contributed by atoms with van der Waals surface area (Å²) in [6.07, 6.45) is 5.53. The van der Waals surface area contributed by atoms with Crippen LogP contribution >= 0.6 is 0 Å². The highest BCUT2D eigenvalue weighted by atomic mass is 16.5. The van der Waals surface area contributed by atoms with Gasteiger partial charge in [0, 0.05) is 26.1 Å². The van der Waals surface area contributed by atoms with Gasteiger partial charge in [-0.1, -0.05) is 0 Å². The largest absolute Gasteiger partial charge is 0.377 e. The Kier molecular flexibility index (Phi) is 4.18. The maximum atomic E-state index is 11.8. The van der Waals surface area contributed by atoms with Crippen LogP contribution in [0.5, 0.6) is 0 Å². The zero-order chi connectivity index (χ0) is 11.4. The SMILES string of the molecule is NCCOC1CCN(C(=O)CC2CC2)CC1. The second kappa shape index (κ2) is 5.64. The highest BCUT2D eigenvalue weighted by Gasteiger charge is 2.29. The molecular weight excluding hydrogens is 204 g/mol. The first-order chi connectivity index (χ1) is 7.79. The average Bonchev–Trinajstić information content (AvgIpc) is 3.11. The number of rotatable bonds is 5. The molecule has 4 heteroatoms. The minimum atomic E-state index is 0.313. The van der Waals surface area contributed by atoms with E-state index in [9.17, 15) is 4.79 Å². The fourth-order valence-electron chi connectivity index (χ4n) is 2.20. The van der Waals surface area contributed by atoms with E-state index >= 15 is 0 Å². The number of hydrogen-bond acceptors (Lipinski definition) is 3. The number of nitrogens with two attached hydrogens (primary N) is 1. The molecule has 1 amide bonds. The van der Waals surface area contributed by atoms with Crippen LogP contribution in [0.4, 0.5) is 0 Å². The molecule has 1 saturated heterocycles. The number of likely N-dealkylation sites (tertiary alicyclic amines) is 1. The van der Waals surface area contributed by atoms with Crippen molar-refractivity contribution in [2.75, 3.05) is 26.2 Å². The van der Waals surface area contributed by atoms with E-state index in [2.05, 4.69) is 0 Å². The third kappa shape index (κ3) is 3.46. The van der Waals surface area contributed by atoms with E-state index < -0.39 is 0 Å². The van der Waals surface area contributed by atoms with Crippen molar-refractivity contribution in [2.45, 2.75) is 38.2 Å². The molecule has 0 spiro atoms. The summed E-state index contributed by atoms with van der Waals surface area (Å²) in [7, 11) is 0. The van der Waals surface area contributed by atoms with Gasteiger partial charge >= 0.3 is 0 Å². The number of piperidine rings is 1. The minimum Gasteiger partial charge on any atom is -0.377 e. The quantitative estimate of drug-likeness (QED) is 0.752. The molecule has 1 heterocycles. The molecule has 2 aliphatic rings. The first kappa shape index (κ1) is 11.9. The van der Waals surface area contributed by atoms with Crippen molar-refractivity contribution in [3.63, 3.8) is 0 Å². The van der Waals surface area contributed by atoms with Gasteiger partial charge in [0.15, 0.2) is 0 Å². The molecule has 0 aromatic carbocycles. The molecule has 2 N–H and O–H groups in total. The molecule has 92 valence electrons. The lowest BCUT2D eigenvalue weighted by molar-refractivity contribution is -0.134. The summed E-state index contributed by atoms with van der Waals surface area (Å²) in [6.45, 7) is 2.95. The van der Waals surface area contributed by atoms with Gasteiger partial charge in [-0.3, -0.25) is 4.79 Å². The number of hydrogen-bond donors (Lipinski definition) is 1. The van der Waals surface area contributed by atoms with Gasteiger partial charge < -0.3 is 15.4 Å². The Hall–Kier alpha value is -0.610. The topological polar surface area (TPSA) is 55.6 Å². The fourth-order valence-corrected chi connectivity index (χ4v) is 2.20. The van der Waals surface area contributed by atoms with Crippen LogP contribution in [0.25, 0.3) is 0 Å². The molecule has 4 nitrogen and oxygen atoms in total. The first-order valence-corrected chi connectivity index (χ1v) is 6.39. The van der Waals surface area contributed by atoms with Gasteiger partial charge in [-0.15, -0.1) is 0 Å². The zero-order valence-electron chi connectivity index (χ0n) is 9.86. The summed E-state index contributed by atoms with van der Waals surface area (Å²) >= 11 is 0. The van der Waals surface area contributed by atoms with Crippen molar-refractivity contribution < 1.29 is 9.53 Å². The van der Waals surface area contributed by atoms with Crippen LogP contribution in [0.15, 0.2) is 0 Å². The number of ether oxygens (including phenoxy) is 1. The van der Waals surface area contributed by atoms with Gasteiger partial charge in [-0.05, 0) is 31.6 Å². The summed E-state index contributed by atoms with van der Waals surface area (Å²) < 4.78 is 5.59. The Labute approximate surface area is 97.1 Å². The predicted molar refractivity (Wildman–Crippen MR) is 61.9 cm³/mol. The molecule has 0 radical (unpaired) electrons. The number of carbonyl (C=O) groups is 1. The highest BCUT2D eigenvalue weighted by molar-refractivity contribution is 5.76. The third-order valence-electron chi connectivity index (χ3n) is 3.43. The zero-order valence-corrected chi connectivity index (χ0v) is 9.86. The van der Waals surface area contributed by atoms with Crippen molar-refractivity contribution in [1.29, 1.82) is 0 Å².